The van der Waals surface area contributed by atoms with E-state index in [1.54, 1.807) is 28.0 Å². The maximum atomic E-state index is 14.3. The first-order valence-corrected chi connectivity index (χ1v) is 14.5. The van der Waals surface area contributed by atoms with Gasteiger partial charge < -0.3 is 34.6 Å². The van der Waals surface area contributed by atoms with Crippen LogP contribution in [-0.2, 0) is 4.74 Å². The second-order valence-electron chi connectivity index (χ2n) is 10.7. The summed E-state index contributed by atoms with van der Waals surface area (Å²) in [6.45, 7) is 4.83. The summed E-state index contributed by atoms with van der Waals surface area (Å²) in [6.07, 6.45) is 5.64. The van der Waals surface area contributed by atoms with Crippen LogP contribution in [-0.4, -0.2) is 91.3 Å². The lowest BCUT2D eigenvalue weighted by atomic mass is 10.1. The molecule has 3 aliphatic rings. The van der Waals surface area contributed by atoms with Gasteiger partial charge in [-0.25, -0.2) is 4.39 Å². The van der Waals surface area contributed by atoms with Crippen molar-refractivity contribution in [2.75, 3.05) is 57.4 Å². The first-order valence-electron chi connectivity index (χ1n) is 14.5. The molecule has 3 aliphatic heterocycles. The third kappa shape index (κ3) is 7.62. The van der Waals surface area contributed by atoms with E-state index in [0.717, 1.165) is 18.4 Å². The highest BCUT2D eigenvalue weighted by molar-refractivity contribution is 5.95. The molecule has 0 unspecified atom stereocenters. The number of morpholine rings is 1. The van der Waals surface area contributed by atoms with Crippen LogP contribution in [0.15, 0.2) is 59.1 Å². The van der Waals surface area contributed by atoms with Crippen LogP contribution < -0.4 is 15.5 Å². The number of nitrogens with zero attached hydrogens (tertiary/aromatic N) is 6. The number of hydrogen-bond donors (Lipinski definition) is 2. The minimum absolute atomic E-state index is 0.0255. The van der Waals surface area contributed by atoms with Crippen molar-refractivity contribution in [3.63, 3.8) is 0 Å². The number of aromatic nitrogens is 1. The first-order chi connectivity index (χ1) is 21.4. The topological polar surface area (TPSA) is 151 Å². The molecule has 3 aromatic rings. The van der Waals surface area contributed by atoms with Gasteiger partial charge in [-0.05, 0) is 31.0 Å². The SMILES string of the molecule is N#CN1CC[C@@H](NC(=O)c2cc(-c3ccccc3)no2)C1.N#CN1CC[C@@H](NC(=O)c2ccc(N3CCOCC3)c(F)c2)C1. The lowest BCUT2D eigenvalue weighted by molar-refractivity contribution is 0.0900. The molecular formula is C31H33FN8O4. The Bertz CT molecular complexity index is 1530. The van der Waals surface area contributed by atoms with Crippen molar-refractivity contribution < 1.29 is 23.2 Å². The number of carbonyl (C=O) groups excluding carboxylic acids is 2. The number of likely N-dealkylation sites (tertiary alicyclic amines) is 2. The molecule has 0 bridgehead atoms. The molecule has 2 amide bonds. The van der Waals surface area contributed by atoms with Crippen LogP contribution >= 0.6 is 0 Å². The Morgan fingerprint density at radius 2 is 1.50 bits per heavy atom. The van der Waals surface area contributed by atoms with Gasteiger partial charge in [0.25, 0.3) is 11.8 Å². The van der Waals surface area contributed by atoms with Gasteiger partial charge in [-0.15, -0.1) is 0 Å². The summed E-state index contributed by atoms with van der Waals surface area (Å²) in [6, 6.07) is 15.6. The minimum Gasteiger partial charge on any atom is -0.378 e. The molecule has 228 valence electrons. The lowest BCUT2D eigenvalue weighted by Crippen LogP contribution is -2.37. The Morgan fingerprint density at radius 3 is 2.09 bits per heavy atom. The standard InChI is InChI=1S/C16H19FN4O2.C15H14N4O2/c17-14-9-12(1-2-15(14)21-5-7-23-8-6-21)16(22)19-13-3-4-20(10-13)11-18;16-10-19-7-6-12(9-19)17-15(20)14-8-13(18-21-14)11-4-2-1-3-5-11/h1-2,9,13H,3-8,10H2,(H,19,22);1-5,8,12H,6-7,9H2,(H,17,20)/t13-;12-/m11/s1. The molecule has 2 N–H and O–H groups in total. The summed E-state index contributed by atoms with van der Waals surface area (Å²) >= 11 is 0. The van der Waals surface area contributed by atoms with Crippen LogP contribution in [0.5, 0.6) is 0 Å². The molecule has 13 heteroatoms. The van der Waals surface area contributed by atoms with Crippen molar-refractivity contribution in [3.05, 3.63) is 71.7 Å². The van der Waals surface area contributed by atoms with Crippen molar-refractivity contribution >= 4 is 17.5 Å². The number of benzene rings is 2. The number of ether oxygens (including phenoxy) is 1. The second kappa shape index (κ2) is 14.4. The third-order valence-corrected chi connectivity index (χ3v) is 7.69. The predicted molar refractivity (Wildman–Crippen MR) is 157 cm³/mol. The number of halogens is 1. The van der Waals surface area contributed by atoms with E-state index in [-0.39, 0.29) is 29.7 Å². The largest absolute Gasteiger partial charge is 0.378 e. The molecule has 2 aromatic carbocycles. The highest BCUT2D eigenvalue weighted by Crippen LogP contribution is 2.22. The van der Waals surface area contributed by atoms with Crippen LogP contribution in [0, 0.1) is 28.7 Å². The molecule has 0 aliphatic carbocycles. The van der Waals surface area contributed by atoms with E-state index in [2.05, 4.69) is 28.2 Å². The van der Waals surface area contributed by atoms with Crippen molar-refractivity contribution in [2.45, 2.75) is 24.9 Å². The Balaban J connectivity index is 0.000000175. The third-order valence-electron chi connectivity index (χ3n) is 7.69. The van der Waals surface area contributed by atoms with Crippen molar-refractivity contribution in [2.24, 2.45) is 0 Å². The number of anilines is 1. The van der Waals surface area contributed by atoms with Gasteiger partial charge in [-0.1, -0.05) is 35.5 Å². The number of amides is 2. The fourth-order valence-corrected chi connectivity index (χ4v) is 5.30. The molecule has 44 heavy (non-hydrogen) atoms. The molecule has 0 radical (unpaired) electrons. The van der Waals surface area contributed by atoms with E-state index in [9.17, 15) is 14.0 Å². The second-order valence-corrected chi connectivity index (χ2v) is 10.7. The molecule has 0 saturated carbocycles. The van der Waals surface area contributed by atoms with Gasteiger partial charge in [0.15, 0.2) is 12.4 Å². The van der Waals surface area contributed by atoms with Gasteiger partial charge in [0.1, 0.15) is 11.5 Å². The van der Waals surface area contributed by atoms with E-state index in [1.807, 2.05) is 35.2 Å². The van der Waals surface area contributed by atoms with Crippen LogP contribution in [0.1, 0.15) is 33.8 Å². The van der Waals surface area contributed by atoms with Gasteiger partial charge in [0.2, 0.25) is 5.76 Å². The molecule has 12 nitrogen and oxygen atoms in total. The van der Waals surface area contributed by atoms with E-state index >= 15 is 0 Å². The zero-order valence-corrected chi connectivity index (χ0v) is 24.1. The fraction of sp³-hybridized carbons (Fsp3) is 0.387. The molecule has 4 heterocycles. The van der Waals surface area contributed by atoms with Crippen molar-refractivity contribution in [1.82, 2.24) is 25.6 Å². The summed E-state index contributed by atoms with van der Waals surface area (Å²) in [5, 5.41) is 27.3. The number of nitrogens with one attached hydrogen (secondary N) is 2. The van der Waals surface area contributed by atoms with Gasteiger partial charge in [0, 0.05) is 68.5 Å². The number of carbonyl (C=O) groups is 2. The molecule has 3 fully saturated rings. The van der Waals surface area contributed by atoms with Crippen LogP contribution in [0.4, 0.5) is 10.1 Å². The lowest BCUT2D eigenvalue weighted by Gasteiger charge is -2.29. The minimum atomic E-state index is -0.398. The van der Waals surface area contributed by atoms with Crippen LogP contribution in [0.3, 0.4) is 0 Å². The van der Waals surface area contributed by atoms with Crippen molar-refractivity contribution in [1.29, 1.82) is 10.5 Å². The summed E-state index contributed by atoms with van der Waals surface area (Å²) in [5.41, 5.74) is 2.33. The summed E-state index contributed by atoms with van der Waals surface area (Å²) in [5.74, 6) is -0.814. The Hall–Kier alpha value is -5.14. The van der Waals surface area contributed by atoms with Gasteiger partial charge >= 0.3 is 0 Å². The average molecular weight is 601 g/mol. The molecule has 6 rings (SSSR count). The van der Waals surface area contributed by atoms with E-state index < -0.39 is 5.82 Å². The Labute approximate surface area is 254 Å². The number of nitriles is 2. The van der Waals surface area contributed by atoms with Crippen LogP contribution in [0.2, 0.25) is 0 Å². The maximum absolute atomic E-state index is 14.3. The zero-order chi connectivity index (χ0) is 30.9. The highest BCUT2D eigenvalue weighted by Gasteiger charge is 2.26. The normalized spacial score (nSPS) is 19.4. The Kier molecular flexibility index (Phi) is 9.89. The smallest absolute Gasteiger partial charge is 0.290 e. The van der Waals surface area contributed by atoms with E-state index in [4.69, 9.17) is 19.8 Å². The number of hydrogen-bond acceptors (Lipinski definition) is 10. The van der Waals surface area contributed by atoms with Gasteiger partial charge in [-0.2, -0.15) is 10.5 Å². The van der Waals surface area contributed by atoms with Gasteiger partial charge in [0.05, 0.1) is 18.9 Å². The molecule has 0 spiro atoms. The van der Waals surface area contributed by atoms with E-state index in [0.29, 0.717) is 69.4 Å². The average Bonchev–Trinajstić information content (AvgIpc) is 3.84. The summed E-state index contributed by atoms with van der Waals surface area (Å²) < 4.78 is 24.7. The summed E-state index contributed by atoms with van der Waals surface area (Å²) in [4.78, 5) is 29.5. The van der Waals surface area contributed by atoms with Crippen LogP contribution in [0.25, 0.3) is 11.3 Å². The first kappa shape index (κ1) is 30.3. The van der Waals surface area contributed by atoms with E-state index in [1.165, 1.54) is 6.07 Å². The molecule has 3 saturated heterocycles. The van der Waals surface area contributed by atoms with Gasteiger partial charge in [-0.3, -0.25) is 9.59 Å². The maximum Gasteiger partial charge on any atom is 0.290 e. The predicted octanol–water partition coefficient (Wildman–Crippen LogP) is 2.57. The fourth-order valence-electron chi connectivity index (χ4n) is 5.30. The molecule has 1 aromatic heterocycles. The monoisotopic (exact) mass is 600 g/mol. The number of rotatable bonds is 6. The quantitative estimate of drug-likeness (QED) is 0.404. The highest BCUT2D eigenvalue weighted by atomic mass is 19.1. The summed E-state index contributed by atoms with van der Waals surface area (Å²) in [7, 11) is 0. The molecular weight excluding hydrogens is 567 g/mol. The zero-order valence-electron chi connectivity index (χ0n) is 24.1. The Morgan fingerprint density at radius 1 is 0.864 bits per heavy atom. The van der Waals surface area contributed by atoms with Crippen molar-refractivity contribution in [3.8, 4) is 23.6 Å². The molecule has 2 atom stereocenters.